The summed E-state index contributed by atoms with van der Waals surface area (Å²) in [6.07, 6.45) is 6.05. The Kier molecular flexibility index (Phi) is 7.31. The minimum absolute atomic E-state index is 0.0140. The molecule has 8 nitrogen and oxygen atoms in total. The number of fused-ring (bicyclic) bond motifs is 1. The number of hydrogen-bond donors (Lipinski definition) is 2. The van der Waals surface area contributed by atoms with Crippen LogP contribution < -0.4 is 15.5 Å². The Labute approximate surface area is 176 Å². The van der Waals surface area contributed by atoms with Gasteiger partial charge in [-0.3, -0.25) is 14.4 Å². The highest BCUT2D eigenvalue weighted by molar-refractivity contribution is 5.99. The average molecular weight is 412 g/mol. The van der Waals surface area contributed by atoms with E-state index in [1.807, 2.05) is 12.1 Å². The first kappa shape index (κ1) is 21.7. The first-order chi connectivity index (χ1) is 14.5. The fraction of sp³-hybridized carbons (Fsp3) is 0.500. The van der Waals surface area contributed by atoms with Crippen LogP contribution in [0.4, 0.5) is 5.69 Å². The van der Waals surface area contributed by atoms with E-state index >= 15 is 0 Å². The largest absolute Gasteiger partial charge is 0.465 e. The van der Waals surface area contributed by atoms with E-state index in [-0.39, 0.29) is 31.5 Å². The van der Waals surface area contributed by atoms with Crippen molar-refractivity contribution in [2.75, 3.05) is 57.3 Å². The molecule has 0 unspecified atom stereocenters. The molecule has 2 aliphatic heterocycles. The van der Waals surface area contributed by atoms with E-state index in [9.17, 15) is 14.4 Å². The number of terminal acetylenes is 1. The maximum atomic E-state index is 13.0. The highest BCUT2D eigenvalue weighted by Gasteiger charge is 2.27. The predicted octanol–water partition coefficient (Wildman–Crippen LogP) is 0.0232. The molecule has 1 atom stereocenters. The zero-order chi connectivity index (χ0) is 21.5. The minimum Gasteiger partial charge on any atom is -0.465 e. The number of piperazine rings is 1. The van der Waals surface area contributed by atoms with Gasteiger partial charge in [0.1, 0.15) is 5.92 Å². The van der Waals surface area contributed by atoms with Crippen molar-refractivity contribution in [3.05, 3.63) is 29.3 Å². The monoisotopic (exact) mass is 412 g/mol. The molecule has 1 aromatic rings. The number of amides is 2. The summed E-state index contributed by atoms with van der Waals surface area (Å²) in [7, 11) is 0. The first-order valence-electron chi connectivity index (χ1n) is 10.3. The summed E-state index contributed by atoms with van der Waals surface area (Å²) in [5.41, 5.74) is 2.68. The van der Waals surface area contributed by atoms with E-state index in [4.69, 9.17) is 11.2 Å². The van der Waals surface area contributed by atoms with Crippen LogP contribution in [-0.2, 0) is 20.7 Å². The lowest BCUT2D eigenvalue weighted by Gasteiger charge is -2.32. The Morgan fingerprint density at radius 2 is 2.07 bits per heavy atom. The van der Waals surface area contributed by atoms with Gasteiger partial charge in [-0.05, 0) is 31.0 Å². The van der Waals surface area contributed by atoms with Crippen molar-refractivity contribution in [1.82, 2.24) is 15.5 Å². The van der Waals surface area contributed by atoms with Crippen molar-refractivity contribution in [2.24, 2.45) is 5.92 Å². The molecule has 2 heterocycles. The van der Waals surface area contributed by atoms with Gasteiger partial charge in [0.2, 0.25) is 5.91 Å². The van der Waals surface area contributed by atoms with Gasteiger partial charge in [-0.2, -0.15) is 0 Å². The molecule has 2 N–H and O–H groups in total. The molecular weight excluding hydrogens is 384 g/mol. The number of nitrogens with one attached hydrogen (secondary N) is 2. The number of ether oxygens (including phenoxy) is 1. The molecule has 0 bridgehead atoms. The molecule has 1 aromatic carbocycles. The minimum atomic E-state index is -0.840. The molecule has 8 heteroatoms. The lowest BCUT2D eigenvalue weighted by atomic mass is 9.97. The number of hydrogen-bond acceptors (Lipinski definition) is 6. The van der Waals surface area contributed by atoms with Gasteiger partial charge in [0.05, 0.1) is 13.2 Å². The normalized spacial score (nSPS) is 17.0. The smallest absolute Gasteiger partial charge is 0.322 e. The van der Waals surface area contributed by atoms with E-state index in [2.05, 4.69) is 27.5 Å². The maximum Gasteiger partial charge on any atom is 0.322 e. The van der Waals surface area contributed by atoms with E-state index in [0.29, 0.717) is 18.5 Å². The summed E-state index contributed by atoms with van der Waals surface area (Å²) in [5, 5.41) is 5.96. The second kappa shape index (κ2) is 10.1. The number of benzene rings is 1. The molecule has 0 saturated carbocycles. The molecule has 0 radical (unpaired) electrons. The summed E-state index contributed by atoms with van der Waals surface area (Å²) in [6, 6.07) is 6.01. The third kappa shape index (κ3) is 5.10. The number of anilines is 1. The van der Waals surface area contributed by atoms with Crippen LogP contribution in [0.1, 0.15) is 22.8 Å². The summed E-state index contributed by atoms with van der Waals surface area (Å²) in [4.78, 5) is 40.9. The van der Waals surface area contributed by atoms with Gasteiger partial charge < -0.3 is 25.2 Å². The molecule has 0 spiro atoms. The number of rotatable bonds is 7. The van der Waals surface area contributed by atoms with Gasteiger partial charge in [0, 0.05) is 50.5 Å². The Balaban J connectivity index is 1.60. The lowest BCUT2D eigenvalue weighted by molar-refractivity contribution is -0.145. The van der Waals surface area contributed by atoms with Crippen LogP contribution in [0, 0.1) is 18.3 Å². The number of esters is 1. The number of carbonyl (C=O) groups is 3. The third-order valence-corrected chi connectivity index (χ3v) is 5.35. The first-order valence-corrected chi connectivity index (χ1v) is 10.3. The van der Waals surface area contributed by atoms with E-state index < -0.39 is 11.9 Å². The number of carbonyl (C=O) groups excluding carboxylic acids is 3. The third-order valence-electron chi connectivity index (χ3n) is 5.35. The van der Waals surface area contributed by atoms with Gasteiger partial charge in [-0.15, -0.1) is 6.42 Å². The van der Waals surface area contributed by atoms with Crippen LogP contribution in [-0.4, -0.2) is 75.1 Å². The lowest BCUT2D eigenvalue weighted by Crippen LogP contribution is -2.46. The van der Waals surface area contributed by atoms with Crippen molar-refractivity contribution < 1.29 is 19.1 Å². The second-order valence-corrected chi connectivity index (χ2v) is 7.33. The molecule has 0 aromatic heterocycles. The highest BCUT2D eigenvalue weighted by Crippen LogP contribution is 2.25. The van der Waals surface area contributed by atoms with E-state index in [0.717, 1.165) is 37.4 Å². The van der Waals surface area contributed by atoms with Crippen LogP contribution in [0.15, 0.2) is 18.2 Å². The summed E-state index contributed by atoms with van der Waals surface area (Å²) in [5.74, 6) is 0.445. The quantitative estimate of drug-likeness (QED) is 0.485. The number of nitrogens with zero attached hydrogens (tertiary/aromatic N) is 2. The molecule has 0 aliphatic carbocycles. The van der Waals surface area contributed by atoms with Gasteiger partial charge in [-0.1, -0.05) is 12.0 Å². The van der Waals surface area contributed by atoms with Crippen LogP contribution in [0.25, 0.3) is 0 Å². The SMILES string of the molecule is C#C[C@@H](CNC(=O)CN1CCc2ccc(N3CCNCC3)cc2C1=O)C(=O)OCC. The Morgan fingerprint density at radius 1 is 1.30 bits per heavy atom. The van der Waals surface area contributed by atoms with Gasteiger partial charge in [0.25, 0.3) is 5.91 Å². The molecule has 30 heavy (non-hydrogen) atoms. The predicted molar refractivity (Wildman–Crippen MR) is 113 cm³/mol. The highest BCUT2D eigenvalue weighted by atomic mass is 16.5. The van der Waals surface area contributed by atoms with Crippen molar-refractivity contribution in [2.45, 2.75) is 13.3 Å². The summed E-state index contributed by atoms with van der Waals surface area (Å²) < 4.78 is 4.89. The van der Waals surface area contributed by atoms with Crippen LogP contribution >= 0.6 is 0 Å². The second-order valence-electron chi connectivity index (χ2n) is 7.33. The van der Waals surface area contributed by atoms with Crippen LogP contribution in [0.3, 0.4) is 0 Å². The zero-order valence-electron chi connectivity index (χ0n) is 17.3. The average Bonchev–Trinajstić information content (AvgIpc) is 2.77. The maximum absolute atomic E-state index is 13.0. The van der Waals surface area contributed by atoms with Crippen LogP contribution in [0.2, 0.25) is 0 Å². The Bertz CT molecular complexity index is 842. The van der Waals surface area contributed by atoms with Crippen molar-refractivity contribution in [3.63, 3.8) is 0 Å². The summed E-state index contributed by atoms with van der Waals surface area (Å²) >= 11 is 0. The van der Waals surface area contributed by atoms with Gasteiger partial charge >= 0.3 is 5.97 Å². The molecule has 2 aliphatic rings. The fourth-order valence-corrected chi connectivity index (χ4v) is 3.68. The standard InChI is InChI=1S/C22H28N4O4/c1-3-16(22(29)30-4-2)14-24-20(27)15-26-10-7-17-5-6-18(13-19(17)21(26)28)25-11-8-23-9-12-25/h1,5-6,13,16,23H,4,7-12,14-15H2,2H3,(H,24,27)/t16-/m0/s1. The van der Waals surface area contributed by atoms with Gasteiger partial charge in [-0.25, -0.2) is 0 Å². The Hall–Kier alpha value is -3.05. The van der Waals surface area contributed by atoms with Crippen LogP contribution in [0.5, 0.6) is 0 Å². The zero-order valence-corrected chi connectivity index (χ0v) is 17.3. The van der Waals surface area contributed by atoms with Crippen molar-refractivity contribution in [1.29, 1.82) is 0 Å². The fourth-order valence-electron chi connectivity index (χ4n) is 3.68. The topological polar surface area (TPSA) is 91.0 Å². The molecular formula is C22H28N4O4. The molecule has 3 rings (SSSR count). The molecule has 160 valence electrons. The van der Waals surface area contributed by atoms with Gasteiger partial charge in [0.15, 0.2) is 0 Å². The van der Waals surface area contributed by atoms with E-state index in [1.54, 1.807) is 6.92 Å². The van der Waals surface area contributed by atoms with Crippen molar-refractivity contribution >= 4 is 23.5 Å². The summed E-state index contributed by atoms with van der Waals surface area (Å²) in [6.45, 7) is 5.94. The Morgan fingerprint density at radius 3 is 2.77 bits per heavy atom. The molecule has 2 amide bonds. The molecule has 1 fully saturated rings. The molecule has 1 saturated heterocycles. The van der Waals surface area contributed by atoms with E-state index in [1.165, 1.54) is 4.90 Å². The van der Waals surface area contributed by atoms with Crippen molar-refractivity contribution in [3.8, 4) is 12.3 Å².